The number of rotatable bonds is 2. The van der Waals surface area contributed by atoms with E-state index in [4.69, 9.17) is 16.3 Å². The molecule has 0 spiro atoms. The molecule has 4 heteroatoms. The minimum absolute atomic E-state index is 0.237. The molecule has 0 saturated carbocycles. The van der Waals surface area contributed by atoms with Crippen molar-refractivity contribution in [3.05, 3.63) is 28.5 Å². The number of piperidine rings is 1. The Morgan fingerprint density at radius 1 is 1.38 bits per heavy atom. The highest BCUT2D eigenvalue weighted by Gasteiger charge is 2.21. The summed E-state index contributed by atoms with van der Waals surface area (Å²) in [6.45, 7) is 1.86. The van der Waals surface area contributed by atoms with Gasteiger partial charge in [-0.25, -0.2) is 4.39 Å². The number of hydrogen-bond acceptors (Lipinski definition) is 2. The Morgan fingerprint density at radius 3 is 2.69 bits per heavy atom. The standard InChI is InChI=1S/C12H15ClFNO/c1-16-11-7-9(13)6-10(12(11)14)8-2-4-15-5-3-8/h6-8,15H,2-5H2,1H3. The predicted molar refractivity (Wildman–Crippen MR) is 62.8 cm³/mol. The van der Waals surface area contributed by atoms with E-state index in [-0.39, 0.29) is 17.5 Å². The van der Waals surface area contributed by atoms with Crippen molar-refractivity contribution in [2.45, 2.75) is 18.8 Å². The average molecular weight is 244 g/mol. The maximum Gasteiger partial charge on any atom is 0.168 e. The molecule has 1 aromatic carbocycles. The van der Waals surface area contributed by atoms with E-state index < -0.39 is 0 Å². The lowest BCUT2D eigenvalue weighted by atomic mass is 9.90. The Bertz CT molecular complexity index is 378. The molecule has 1 aromatic rings. The molecular weight excluding hydrogens is 229 g/mol. The molecule has 1 saturated heterocycles. The van der Waals surface area contributed by atoms with E-state index in [9.17, 15) is 4.39 Å². The third-order valence-electron chi connectivity index (χ3n) is 3.03. The zero-order chi connectivity index (χ0) is 11.5. The number of nitrogens with one attached hydrogen (secondary N) is 1. The van der Waals surface area contributed by atoms with Crippen LogP contribution in [0.25, 0.3) is 0 Å². The summed E-state index contributed by atoms with van der Waals surface area (Å²) in [5.74, 6) is 0.216. The second-order valence-electron chi connectivity index (χ2n) is 4.04. The number of ether oxygens (including phenoxy) is 1. The van der Waals surface area contributed by atoms with Crippen LogP contribution >= 0.6 is 11.6 Å². The summed E-state index contributed by atoms with van der Waals surface area (Å²) in [7, 11) is 1.46. The van der Waals surface area contributed by atoms with Gasteiger partial charge in [0.15, 0.2) is 11.6 Å². The van der Waals surface area contributed by atoms with Gasteiger partial charge in [-0.1, -0.05) is 11.6 Å². The largest absolute Gasteiger partial charge is 0.494 e. The van der Waals surface area contributed by atoms with Gasteiger partial charge in [0, 0.05) is 11.1 Å². The molecule has 0 amide bonds. The molecule has 1 aliphatic heterocycles. The van der Waals surface area contributed by atoms with E-state index in [1.54, 1.807) is 6.07 Å². The normalized spacial score (nSPS) is 17.4. The number of halogens is 2. The minimum Gasteiger partial charge on any atom is -0.494 e. The van der Waals surface area contributed by atoms with Crippen molar-refractivity contribution in [3.8, 4) is 5.75 Å². The van der Waals surface area contributed by atoms with Crippen molar-refractivity contribution in [2.75, 3.05) is 20.2 Å². The molecule has 0 aliphatic carbocycles. The molecular formula is C12H15ClFNO. The minimum atomic E-state index is -0.265. The first kappa shape index (κ1) is 11.7. The molecule has 1 fully saturated rings. The van der Waals surface area contributed by atoms with Gasteiger partial charge in [0.2, 0.25) is 0 Å². The van der Waals surface area contributed by atoms with Crippen molar-refractivity contribution in [1.29, 1.82) is 0 Å². The van der Waals surface area contributed by atoms with E-state index in [0.717, 1.165) is 25.9 Å². The highest BCUT2D eigenvalue weighted by molar-refractivity contribution is 6.30. The molecule has 2 rings (SSSR count). The number of benzene rings is 1. The van der Waals surface area contributed by atoms with E-state index in [2.05, 4.69) is 5.32 Å². The van der Waals surface area contributed by atoms with Gasteiger partial charge >= 0.3 is 0 Å². The Balaban J connectivity index is 2.34. The molecule has 16 heavy (non-hydrogen) atoms. The van der Waals surface area contributed by atoms with Gasteiger partial charge in [-0.3, -0.25) is 0 Å². The van der Waals surface area contributed by atoms with Crippen LogP contribution in [0, 0.1) is 5.82 Å². The molecule has 2 nitrogen and oxygen atoms in total. The summed E-state index contributed by atoms with van der Waals surface area (Å²) < 4.78 is 19.0. The van der Waals surface area contributed by atoms with Crippen LogP contribution in [0.3, 0.4) is 0 Å². The van der Waals surface area contributed by atoms with Gasteiger partial charge in [-0.05, 0) is 43.5 Å². The third-order valence-corrected chi connectivity index (χ3v) is 3.25. The van der Waals surface area contributed by atoms with Crippen molar-refractivity contribution in [3.63, 3.8) is 0 Å². The highest BCUT2D eigenvalue weighted by atomic mass is 35.5. The fraction of sp³-hybridized carbons (Fsp3) is 0.500. The molecule has 0 radical (unpaired) electrons. The maximum absolute atomic E-state index is 14.0. The van der Waals surface area contributed by atoms with Crippen LogP contribution < -0.4 is 10.1 Å². The van der Waals surface area contributed by atoms with Crippen LogP contribution in [0.15, 0.2) is 12.1 Å². The van der Waals surface area contributed by atoms with E-state index in [1.807, 2.05) is 0 Å². The molecule has 0 bridgehead atoms. The van der Waals surface area contributed by atoms with E-state index in [1.165, 1.54) is 13.2 Å². The van der Waals surface area contributed by atoms with Gasteiger partial charge < -0.3 is 10.1 Å². The summed E-state index contributed by atoms with van der Waals surface area (Å²) in [5, 5.41) is 3.79. The molecule has 88 valence electrons. The summed E-state index contributed by atoms with van der Waals surface area (Å²) in [5.41, 5.74) is 0.686. The van der Waals surface area contributed by atoms with Gasteiger partial charge in [0.25, 0.3) is 0 Å². The van der Waals surface area contributed by atoms with Crippen LogP contribution in [-0.2, 0) is 0 Å². The topological polar surface area (TPSA) is 21.3 Å². The summed E-state index contributed by atoms with van der Waals surface area (Å²) in [6.07, 6.45) is 1.89. The first-order valence-electron chi connectivity index (χ1n) is 5.46. The predicted octanol–water partition coefficient (Wildman–Crippen LogP) is 2.95. The Hall–Kier alpha value is -0.800. The molecule has 0 unspecified atom stereocenters. The first-order chi connectivity index (χ1) is 7.72. The zero-order valence-electron chi connectivity index (χ0n) is 9.22. The van der Waals surface area contributed by atoms with Crippen molar-refractivity contribution < 1.29 is 9.13 Å². The molecule has 1 aliphatic rings. The molecule has 1 heterocycles. The van der Waals surface area contributed by atoms with Crippen molar-refractivity contribution in [1.82, 2.24) is 5.32 Å². The Morgan fingerprint density at radius 2 is 2.06 bits per heavy atom. The third kappa shape index (κ3) is 2.30. The lowest BCUT2D eigenvalue weighted by Gasteiger charge is -2.24. The van der Waals surface area contributed by atoms with Gasteiger partial charge in [0.1, 0.15) is 0 Å². The molecule has 1 N–H and O–H groups in total. The summed E-state index contributed by atoms with van der Waals surface area (Å²) in [6, 6.07) is 3.23. The fourth-order valence-corrected chi connectivity index (χ4v) is 2.38. The van der Waals surface area contributed by atoms with E-state index >= 15 is 0 Å². The van der Waals surface area contributed by atoms with Crippen LogP contribution in [0.2, 0.25) is 5.02 Å². The zero-order valence-corrected chi connectivity index (χ0v) is 9.98. The first-order valence-corrected chi connectivity index (χ1v) is 5.84. The monoisotopic (exact) mass is 243 g/mol. The van der Waals surface area contributed by atoms with Crippen LogP contribution in [0.4, 0.5) is 4.39 Å². The quantitative estimate of drug-likeness (QED) is 0.862. The van der Waals surface area contributed by atoms with Crippen LogP contribution in [0.1, 0.15) is 24.3 Å². The van der Waals surface area contributed by atoms with Gasteiger partial charge in [-0.15, -0.1) is 0 Å². The second kappa shape index (κ2) is 5.02. The van der Waals surface area contributed by atoms with Crippen molar-refractivity contribution in [2.24, 2.45) is 0 Å². The van der Waals surface area contributed by atoms with Gasteiger partial charge in [0.05, 0.1) is 7.11 Å². The Labute approximate surface area is 99.7 Å². The van der Waals surface area contributed by atoms with Crippen LogP contribution in [0.5, 0.6) is 5.75 Å². The van der Waals surface area contributed by atoms with Gasteiger partial charge in [-0.2, -0.15) is 0 Å². The Kier molecular flexibility index (Phi) is 3.66. The second-order valence-corrected chi connectivity index (χ2v) is 4.47. The molecule has 0 atom stereocenters. The van der Waals surface area contributed by atoms with Crippen LogP contribution in [-0.4, -0.2) is 20.2 Å². The SMILES string of the molecule is COc1cc(Cl)cc(C2CCNCC2)c1F. The highest BCUT2D eigenvalue weighted by Crippen LogP contribution is 2.34. The number of methoxy groups -OCH3 is 1. The summed E-state index contributed by atoms with van der Waals surface area (Å²) >= 11 is 5.96. The smallest absolute Gasteiger partial charge is 0.168 e. The molecule has 0 aromatic heterocycles. The number of hydrogen-bond donors (Lipinski definition) is 1. The average Bonchev–Trinajstić information content (AvgIpc) is 2.33. The fourth-order valence-electron chi connectivity index (χ4n) is 2.16. The lowest BCUT2D eigenvalue weighted by molar-refractivity contribution is 0.376. The maximum atomic E-state index is 14.0. The van der Waals surface area contributed by atoms with Crippen molar-refractivity contribution >= 4 is 11.6 Å². The lowest BCUT2D eigenvalue weighted by Crippen LogP contribution is -2.27. The van der Waals surface area contributed by atoms with E-state index in [0.29, 0.717) is 10.6 Å². The summed E-state index contributed by atoms with van der Waals surface area (Å²) in [4.78, 5) is 0.